The van der Waals surface area contributed by atoms with Crippen molar-refractivity contribution in [3.63, 3.8) is 0 Å². The monoisotopic (exact) mass is 379 g/mol. The van der Waals surface area contributed by atoms with Crippen LogP contribution in [0.1, 0.15) is 29.8 Å². The molecular weight excluding hydrogens is 354 g/mol. The van der Waals surface area contributed by atoms with Crippen molar-refractivity contribution < 1.29 is 9.53 Å². The zero-order valence-electron chi connectivity index (χ0n) is 14.8. The minimum absolute atomic E-state index is 0.0587. The maximum atomic E-state index is 13.1. The molecule has 1 saturated heterocycles. The van der Waals surface area contributed by atoms with Gasteiger partial charge in [0.2, 0.25) is 0 Å². The molecule has 2 aromatic heterocycles. The number of carbonyl (C=O) groups is 1. The number of nitrogens with zero attached hydrogens (tertiary/aromatic N) is 3. The summed E-state index contributed by atoms with van der Waals surface area (Å²) in [5.74, 6) is 0.0587. The van der Waals surface area contributed by atoms with Crippen LogP contribution < -0.4 is 0 Å². The van der Waals surface area contributed by atoms with E-state index >= 15 is 0 Å². The molecule has 3 rings (SSSR count). The number of carbonyl (C=O) groups excluding carboxylic acids is 1. The van der Waals surface area contributed by atoms with E-state index in [1.54, 1.807) is 29.8 Å². The lowest BCUT2D eigenvalue weighted by molar-refractivity contribution is 0.0559. The molecule has 0 spiro atoms. The molecule has 136 valence electrons. The number of ether oxygens (including phenoxy) is 1. The highest BCUT2D eigenvalue weighted by molar-refractivity contribution is 7.14. The van der Waals surface area contributed by atoms with Gasteiger partial charge in [0.25, 0.3) is 5.91 Å². The van der Waals surface area contributed by atoms with Crippen LogP contribution >= 0.6 is 22.7 Å². The number of piperidine rings is 1. The number of rotatable bonds is 7. The van der Waals surface area contributed by atoms with Gasteiger partial charge in [0.05, 0.1) is 0 Å². The third-order valence-corrected chi connectivity index (χ3v) is 6.20. The van der Waals surface area contributed by atoms with Crippen molar-refractivity contribution in [2.75, 3.05) is 40.4 Å². The molecular formula is C18H25N3O2S2. The first-order valence-electron chi connectivity index (χ1n) is 8.65. The first-order chi connectivity index (χ1) is 12.2. The third kappa shape index (κ3) is 4.67. The Morgan fingerprint density at radius 2 is 2.20 bits per heavy atom. The van der Waals surface area contributed by atoms with Gasteiger partial charge in [-0.25, -0.2) is 4.98 Å². The summed E-state index contributed by atoms with van der Waals surface area (Å²) in [6.07, 6.45) is 2.91. The Labute approximate surface area is 157 Å². The number of hydrogen-bond acceptors (Lipinski definition) is 6. The van der Waals surface area contributed by atoms with Crippen molar-refractivity contribution in [3.05, 3.63) is 27.9 Å². The predicted molar refractivity (Wildman–Crippen MR) is 103 cm³/mol. The number of aromatic nitrogens is 1. The Morgan fingerprint density at radius 1 is 1.40 bits per heavy atom. The maximum Gasteiger partial charge on any atom is 0.273 e. The van der Waals surface area contributed by atoms with Crippen LogP contribution in [0.25, 0.3) is 10.6 Å². The fourth-order valence-electron chi connectivity index (χ4n) is 3.17. The van der Waals surface area contributed by atoms with E-state index in [1.807, 2.05) is 21.7 Å². The zero-order valence-corrected chi connectivity index (χ0v) is 16.4. The Kier molecular flexibility index (Phi) is 6.58. The van der Waals surface area contributed by atoms with Gasteiger partial charge in [-0.15, -0.1) is 11.3 Å². The van der Waals surface area contributed by atoms with Crippen molar-refractivity contribution in [2.24, 2.45) is 0 Å². The highest BCUT2D eigenvalue weighted by Crippen LogP contribution is 2.27. The first kappa shape index (κ1) is 18.5. The van der Waals surface area contributed by atoms with Crippen molar-refractivity contribution in [1.82, 2.24) is 14.8 Å². The smallest absolute Gasteiger partial charge is 0.273 e. The second kappa shape index (κ2) is 8.89. The summed E-state index contributed by atoms with van der Waals surface area (Å²) < 4.78 is 5.18. The average Bonchev–Trinajstić information content (AvgIpc) is 3.30. The first-order valence-corrected chi connectivity index (χ1v) is 10.5. The number of methoxy groups -OCH3 is 1. The molecule has 1 amide bonds. The molecule has 1 fully saturated rings. The van der Waals surface area contributed by atoms with Crippen LogP contribution in [-0.2, 0) is 4.74 Å². The van der Waals surface area contributed by atoms with Crippen LogP contribution in [0.15, 0.2) is 22.2 Å². The quantitative estimate of drug-likeness (QED) is 0.691. The molecule has 0 radical (unpaired) electrons. The minimum atomic E-state index is 0.0587. The molecule has 1 aliphatic heterocycles. The second-order valence-corrected chi connectivity index (χ2v) is 8.07. The molecule has 0 atom stereocenters. The lowest BCUT2D eigenvalue weighted by Crippen LogP contribution is -2.47. The van der Waals surface area contributed by atoms with Crippen LogP contribution in [-0.4, -0.2) is 67.1 Å². The number of amides is 1. The van der Waals surface area contributed by atoms with Crippen molar-refractivity contribution >= 4 is 28.6 Å². The van der Waals surface area contributed by atoms with Gasteiger partial charge < -0.3 is 14.5 Å². The average molecular weight is 380 g/mol. The summed E-state index contributed by atoms with van der Waals surface area (Å²) >= 11 is 3.19. The van der Waals surface area contributed by atoms with Gasteiger partial charge in [-0.1, -0.05) is 0 Å². The topological polar surface area (TPSA) is 45.7 Å². The van der Waals surface area contributed by atoms with Gasteiger partial charge in [-0.3, -0.25) is 4.79 Å². The molecule has 25 heavy (non-hydrogen) atoms. The highest BCUT2D eigenvalue weighted by Gasteiger charge is 2.28. The Bertz CT molecular complexity index is 664. The van der Waals surface area contributed by atoms with E-state index in [9.17, 15) is 4.79 Å². The predicted octanol–water partition coefficient (Wildman–Crippen LogP) is 3.44. The van der Waals surface area contributed by atoms with Crippen LogP contribution in [0.2, 0.25) is 0 Å². The van der Waals surface area contributed by atoms with E-state index < -0.39 is 0 Å². The maximum absolute atomic E-state index is 13.1. The molecule has 0 aromatic carbocycles. The highest BCUT2D eigenvalue weighted by atomic mass is 32.1. The van der Waals surface area contributed by atoms with E-state index in [0.717, 1.165) is 49.5 Å². The Hall–Kier alpha value is -1.28. The second-order valence-electron chi connectivity index (χ2n) is 6.43. The van der Waals surface area contributed by atoms with E-state index in [4.69, 9.17) is 4.74 Å². The van der Waals surface area contributed by atoms with Crippen LogP contribution in [0.3, 0.4) is 0 Å². The van der Waals surface area contributed by atoms with Crippen molar-refractivity contribution in [2.45, 2.75) is 25.3 Å². The van der Waals surface area contributed by atoms with Gasteiger partial charge in [-0.05, 0) is 50.8 Å². The van der Waals surface area contributed by atoms with Crippen molar-refractivity contribution in [1.29, 1.82) is 0 Å². The van der Waals surface area contributed by atoms with Crippen LogP contribution in [0.5, 0.6) is 0 Å². The molecule has 1 aliphatic rings. The molecule has 5 nitrogen and oxygen atoms in total. The molecule has 0 N–H and O–H groups in total. The fourth-order valence-corrected chi connectivity index (χ4v) is 4.68. The molecule has 0 saturated carbocycles. The van der Waals surface area contributed by atoms with Gasteiger partial charge in [0.1, 0.15) is 10.7 Å². The summed E-state index contributed by atoms with van der Waals surface area (Å²) in [7, 11) is 3.84. The molecule has 0 unspecified atom stereocenters. The normalized spacial score (nSPS) is 16.2. The number of likely N-dealkylation sites (tertiary alicyclic amines) is 1. The molecule has 0 bridgehead atoms. The van der Waals surface area contributed by atoms with Gasteiger partial charge in [0.15, 0.2) is 0 Å². The SMILES string of the molecule is COCCCN(C(=O)c1csc(-c2ccsc2)n1)C1CCN(C)CC1. The van der Waals surface area contributed by atoms with Gasteiger partial charge >= 0.3 is 0 Å². The number of thiazole rings is 1. The number of thiophene rings is 1. The lowest BCUT2D eigenvalue weighted by atomic mass is 10.0. The Morgan fingerprint density at radius 3 is 2.88 bits per heavy atom. The van der Waals surface area contributed by atoms with Gasteiger partial charge in [0, 0.05) is 42.6 Å². The summed E-state index contributed by atoms with van der Waals surface area (Å²) in [4.78, 5) is 22.1. The third-order valence-electron chi connectivity index (χ3n) is 4.63. The zero-order chi connectivity index (χ0) is 17.6. The fraction of sp³-hybridized carbons (Fsp3) is 0.556. The molecule has 2 aromatic rings. The standard InChI is InChI=1S/C18H25N3O2S2/c1-20-8-4-15(5-9-20)21(7-3-10-23-2)18(22)16-13-25-17(19-16)14-6-11-24-12-14/h6,11-13,15H,3-5,7-10H2,1-2H3. The van der Waals surface area contributed by atoms with E-state index in [0.29, 0.717) is 18.3 Å². The molecule has 7 heteroatoms. The summed E-state index contributed by atoms with van der Waals surface area (Å²) in [5, 5.41) is 6.92. The lowest BCUT2D eigenvalue weighted by Gasteiger charge is -2.37. The summed E-state index contributed by atoms with van der Waals surface area (Å²) in [6.45, 7) is 3.48. The number of hydrogen-bond donors (Lipinski definition) is 0. The Balaban J connectivity index is 1.73. The van der Waals surface area contributed by atoms with Crippen molar-refractivity contribution in [3.8, 4) is 10.6 Å². The van der Waals surface area contributed by atoms with E-state index in [2.05, 4.69) is 22.3 Å². The van der Waals surface area contributed by atoms with E-state index in [-0.39, 0.29) is 5.91 Å². The summed E-state index contributed by atoms with van der Waals surface area (Å²) in [6, 6.07) is 2.34. The van der Waals surface area contributed by atoms with E-state index in [1.165, 1.54) is 0 Å². The minimum Gasteiger partial charge on any atom is -0.385 e. The largest absolute Gasteiger partial charge is 0.385 e. The molecule has 3 heterocycles. The van der Waals surface area contributed by atoms with Gasteiger partial charge in [-0.2, -0.15) is 11.3 Å². The summed E-state index contributed by atoms with van der Waals surface area (Å²) in [5.41, 5.74) is 1.67. The van der Waals surface area contributed by atoms with Crippen LogP contribution in [0.4, 0.5) is 0 Å². The van der Waals surface area contributed by atoms with Crippen LogP contribution in [0, 0.1) is 0 Å². The molecule has 0 aliphatic carbocycles.